The van der Waals surface area contributed by atoms with Crippen LogP contribution in [0.25, 0.3) is 0 Å². The van der Waals surface area contributed by atoms with Crippen molar-refractivity contribution < 1.29 is 4.39 Å². The number of hydrogen-bond donors (Lipinski definition) is 2. The molecule has 1 aromatic rings. The molecule has 2 nitrogen and oxygen atoms in total. The van der Waals surface area contributed by atoms with Crippen molar-refractivity contribution in [2.75, 3.05) is 18.4 Å². The summed E-state index contributed by atoms with van der Waals surface area (Å²) in [4.78, 5) is 0. The zero-order valence-corrected chi connectivity index (χ0v) is 10.9. The van der Waals surface area contributed by atoms with Crippen molar-refractivity contribution in [2.24, 2.45) is 0 Å². The third-order valence-electron chi connectivity index (χ3n) is 2.97. The zero-order valence-electron chi connectivity index (χ0n) is 9.40. The molecule has 1 saturated heterocycles. The Hall–Kier alpha value is -0.510. The maximum atomic E-state index is 13.8. The fraction of sp³-hybridized carbons (Fsp3) is 0.500. The van der Waals surface area contributed by atoms with Crippen LogP contribution >= 0.6 is 23.2 Å². The summed E-state index contributed by atoms with van der Waals surface area (Å²) >= 11 is 11.5. The Bertz CT molecular complexity index is 390. The molecule has 2 rings (SSSR count). The van der Waals surface area contributed by atoms with E-state index in [1.807, 2.05) is 0 Å². The minimum absolute atomic E-state index is 0.0107. The van der Waals surface area contributed by atoms with Crippen LogP contribution in [0.2, 0.25) is 10.0 Å². The lowest BCUT2D eigenvalue weighted by molar-refractivity contribution is 0.606. The molecule has 17 heavy (non-hydrogen) atoms. The topological polar surface area (TPSA) is 24.1 Å². The molecule has 1 heterocycles. The van der Waals surface area contributed by atoms with E-state index in [1.165, 1.54) is 0 Å². The average Bonchev–Trinajstić information content (AvgIpc) is 2.59. The van der Waals surface area contributed by atoms with Gasteiger partial charge in [0.1, 0.15) is 0 Å². The van der Waals surface area contributed by atoms with E-state index in [0.717, 1.165) is 32.4 Å². The third kappa shape index (κ3) is 3.24. The molecule has 1 aliphatic rings. The van der Waals surface area contributed by atoms with Crippen molar-refractivity contribution in [3.63, 3.8) is 0 Å². The van der Waals surface area contributed by atoms with Gasteiger partial charge in [0.15, 0.2) is 5.82 Å². The predicted molar refractivity (Wildman–Crippen MR) is 70.6 cm³/mol. The molecule has 0 radical (unpaired) electrons. The van der Waals surface area contributed by atoms with Gasteiger partial charge >= 0.3 is 0 Å². The number of hydrogen-bond acceptors (Lipinski definition) is 2. The molecule has 0 bridgehead atoms. The molecule has 1 unspecified atom stereocenters. The normalized spacial score (nSPS) is 21.0. The second-order valence-corrected chi connectivity index (χ2v) is 5.03. The van der Waals surface area contributed by atoms with Gasteiger partial charge in [-0.05, 0) is 44.5 Å². The largest absolute Gasteiger partial charge is 0.380 e. The van der Waals surface area contributed by atoms with Gasteiger partial charge in [0, 0.05) is 6.04 Å². The fourth-order valence-corrected chi connectivity index (χ4v) is 2.33. The van der Waals surface area contributed by atoms with E-state index in [-0.39, 0.29) is 16.1 Å². The second kappa shape index (κ2) is 5.89. The molecule has 0 aromatic heterocycles. The van der Waals surface area contributed by atoms with Gasteiger partial charge in [0.25, 0.3) is 0 Å². The Kier molecular flexibility index (Phi) is 4.48. The Labute approximate surface area is 110 Å². The Morgan fingerprint density at radius 2 is 2.06 bits per heavy atom. The molecule has 0 aliphatic carbocycles. The van der Waals surface area contributed by atoms with Crippen LogP contribution in [0, 0.1) is 5.82 Å². The molecule has 5 heteroatoms. The van der Waals surface area contributed by atoms with Crippen LogP contribution in [0.3, 0.4) is 0 Å². The summed E-state index contributed by atoms with van der Waals surface area (Å²) in [6.07, 6.45) is 3.12. The molecule has 0 amide bonds. The first kappa shape index (κ1) is 12.9. The Balaban J connectivity index is 2.09. The first-order chi connectivity index (χ1) is 8.18. The molecule has 1 fully saturated rings. The standard InChI is InChI=1S/C12H15Cl2FN2/c13-9-3-4-10(12(15)11(9)14)17-8-2-1-6-16-7-5-8/h3-4,8,16-17H,1-2,5-7H2. The van der Waals surface area contributed by atoms with Crippen LogP contribution in [0.4, 0.5) is 10.1 Å². The lowest BCUT2D eigenvalue weighted by Crippen LogP contribution is -2.22. The Morgan fingerprint density at radius 3 is 2.88 bits per heavy atom. The van der Waals surface area contributed by atoms with Gasteiger partial charge in [-0.3, -0.25) is 0 Å². The summed E-state index contributed by atoms with van der Waals surface area (Å²) in [5, 5.41) is 6.75. The summed E-state index contributed by atoms with van der Waals surface area (Å²) in [6.45, 7) is 1.99. The van der Waals surface area contributed by atoms with Crippen molar-refractivity contribution in [1.82, 2.24) is 5.32 Å². The monoisotopic (exact) mass is 276 g/mol. The van der Waals surface area contributed by atoms with E-state index < -0.39 is 5.82 Å². The third-order valence-corrected chi connectivity index (χ3v) is 3.75. The molecule has 0 saturated carbocycles. The first-order valence-corrected chi connectivity index (χ1v) is 6.55. The molecular weight excluding hydrogens is 262 g/mol. The van der Waals surface area contributed by atoms with Gasteiger partial charge < -0.3 is 10.6 Å². The number of halogens is 3. The van der Waals surface area contributed by atoms with Crippen molar-refractivity contribution >= 4 is 28.9 Å². The highest BCUT2D eigenvalue weighted by molar-refractivity contribution is 6.42. The molecule has 94 valence electrons. The number of nitrogens with one attached hydrogen (secondary N) is 2. The molecule has 1 aromatic carbocycles. The van der Waals surface area contributed by atoms with E-state index in [0.29, 0.717) is 5.69 Å². The van der Waals surface area contributed by atoms with Crippen LogP contribution in [-0.4, -0.2) is 19.1 Å². The van der Waals surface area contributed by atoms with Gasteiger partial charge in [-0.15, -0.1) is 0 Å². The van der Waals surface area contributed by atoms with E-state index in [2.05, 4.69) is 10.6 Å². The van der Waals surface area contributed by atoms with E-state index in [1.54, 1.807) is 12.1 Å². The summed E-state index contributed by atoms with van der Waals surface area (Å²) < 4.78 is 13.8. The fourth-order valence-electron chi connectivity index (χ4n) is 2.02. The van der Waals surface area contributed by atoms with Crippen LogP contribution in [0.15, 0.2) is 12.1 Å². The minimum atomic E-state index is -0.462. The average molecular weight is 277 g/mol. The van der Waals surface area contributed by atoms with Crippen molar-refractivity contribution in [1.29, 1.82) is 0 Å². The number of rotatable bonds is 2. The van der Waals surface area contributed by atoms with Crippen LogP contribution in [0.5, 0.6) is 0 Å². The Morgan fingerprint density at radius 1 is 1.24 bits per heavy atom. The highest BCUT2D eigenvalue weighted by Gasteiger charge is 2.15. The van der Waals surface area contributed by atoms with Crippen molar-refractivity contribution in [3.8, 4) is 0 Å². The summed E-state index contributed by atoms with van der Waals surface area (Å²) in [5.74, 6) is -0.462. The van der Waals surface area contributed by atoms with Crippen LogP contribution in [0.1, 0.15) is 19.3 Å². The highest BCUT2D eigenvalue weighted by Crippen LogP contribution is 2.30. The van der Waals surface area contributed by atoms with Crippen LogP contribution < -0.4 is 10.6 Å². The highest BCUT2D eigenvalue weighted by atomic mass is 35.5. The molecule has 1 aliphatic heterocycles. The van der Waals surface area contributed by atoms with Gasteiger partial charge in [0.2, 0.25) is 0 Å². The number of benzene rings is 1. The SMILES string of the molecule is Fc1c(NC2CCCNCC2)ccc(Cl)c1Cl. The van der Waals surface area contributed by atoms with E-state index in [4.69, 9.17) is 23.2 Å². The quantitative estimate of drug-likeness (QED) is 0.806. The lowest BCUT2D eigenvalue weighted by Gasteiger charge is -2.18. The smallest absolute Gasteiger partial charge is 0.166 e. The zero-order chi connectivity index (χ0) is 12.3. The van der Waals surface area contributed by atoms with Gasteiger partial charge in [-0.25, -0.2) is 4.39 Å². The summed E-state index contributed by atoms with van der Waals surface area (Å²) in [6, 6.07) is 3.54. The second-order valence-electron chi connectivity index (χ2n) is 4.25. The van der Waals surface area contributed by atoms with E-state index >= 15 is 0 Å². The van der Waals surface area contributed by atoms with Crippen molar-refractivity contribution in [2.45, 2.75) is 25.3 Å². The molecular formula is C12H15Cl2FN2. The van der Waals surface area contributed by atoms with Gasteiger partial charge in [-0.2, -0.15) is 0 Å². The predicted octanol–water partition coefficient (Wildman–Crippen LogP) is 3.69. The van der Waals surface area contributed by atoms with Gasteiger partial charge in [0.05, 0.1) is 15.7 Å². The molecule has 2 N–H and O–H groups in total. The minimum Gasteiger partial charge on any atom is -0.380 e. The lowest BCUT2D eigenvalue weighted by atomic mass is 10.1. The van der Waals surface area contributed by atoms with Gasteiger partial charge in [-0.1, -0.05) is 23.2 Å². The first-order valence-electron chi connectivity index (χ1n) is 5.79. The van der Waals surface area contributed by atoms with Crippen molar-refractivity contribution in [3.05, 3.63) is 28.0 Å². The number of anilines is 1. The molecule has 0 spiro atoms. The maximum Gasteiger partial charge on any atom is 0.166 e. The summed E-state index contributed by atoms with van der Waals surface area (Å²) in [7, 11) is 0. The van der Waals surface area contributed by atoms with E-state index in [9.17, 15) is 4.39 Å². The summed E-state index contributed by atoms with van der Waals surface area (Å²) in [5.41, 5.74) is 0.436. The molecule has 1 atom stereocenters. The maximum absolute atomic E-state index is 13.8. The van der Waals surface area contributed by atoms with Crippen LogP contribution in [-0.2, 0) is 0 Å².